The molecule has 0 saturated heterocycles. The van der Waals surface area contributed by atoms with Gasteiger partial charge in [-0.15, -0.1) is 0 Å². The van der Waals surface area contributed by atoms with Gasteiger partial charge < -0.3 is 9.80 Å². The summed E-state index contributed by atoms with van der Waals surface area (Å²) in [5.74, 6) is 0.762. The van der Waals surface area contributed by atoms with Crippen molar-refractivity contribution in [2.75, 3.05) is 23.9 Å². The minimum Gasteiger partial charge on any atom is -0.378 e. The molecule has 0 fully saturated rings. The van der Waals surface area contributed by atoms with Crippen molar-refractivity contribution in [3.63, 3.8) is 0 Å². The van der Waals surface area contributed by atoms with E-state index in [0.29, 0.717) is 0 Å². The Kier molecular flexibility index (Phi) is 6.58. The van der Waals surface area contributed by atoms with E-state index >= 15 is 0 Å². The second-order valence-corrected chi connectivity index (χ2v) is 9.43. The summed E-state index contributed by atoms with van der Waals surface area (Å²) in [4.78, 5) is 13.5. The Morgan fingerprint density at radius 3 is 2.05 bits per heavy atom. The Bertz CT molecular complexity index is 1620. The summed E-state index contributed by atoms with van der Waals surface area (Å²) in [6.07, 6.45) is 7.50. The van der Waals surface area contributed by atoms with Gasteiger partial charge in [-0.25, -0.2) is 9.67 Å². The maximum absolute atomic E-state index is 4.67. The average Bonchev–Trinajstić information content (AvgIpc) is 3.48. The van der Waals surface area contributed by atoms with Gasteiger partial charge in [0.05, 0.1) is 23.8 Å². The molecule has 0 unspecified atom stereocenters. The van der Waals surface area contributed by atoms with Crippen molar-refractivity contribution in [1.82, 2.24) is 19.7 Å². The molecule has 6 nitrogen and oxygen atoms in total. The predicted molar refractivity (Wildman–Crippen MR) is 159 cm³/mol. The van der Waals surface area contributed by atoms with Crippen LogP contribution in [0.15, 0.2) is 134 Å². The Labute approximate surface area is 228 Å². The molecule has 190 valence electrons. The Morgan fingerprint density at radius 2 is 1.31 bits per heavy atom. The molecule has 0 aliphatic carbocycles. The second-order valence-electron chi connectivity index (χ2n) is 9.43. The van der Waals surface area contributed by atoms with E-state index in [-0.39, 0.29) is 0 Å². The lowest BCUT2D eigenvalue weighted by atomic mass is 9.99. The molecule has 3 aromatic heterocycles. The molecule has 0 spiro atoms. The smallest absolute Gasteiger partial charge is 0.153 e. The van der Waals surface area contributed by atoms with Gasteiger partial charge in [-0.3, -0.25) is 4.98 Å². The van der Waals surface area contributed by atoms with Crippen LogP contribution in [0.5, 0.6) is 0 Å². The highest BCUT2D eigenvalue weighted by molar-refractivity contribution is 5.84. The maximum atomic E-state index is 4.67. The summed E-state index contributed by atoms with van der Waals surface area (Å²) in [6, 6.07) is 37.4. The monoisotopic (exact) mass is 508 g/mol. The van der Waals surface area contributed by atoms with Crippen molar-refractivity contribution in [3.8, 4) is 28.2 Å². The largest absolute Gasteiger partial charge is 0.378 e. The lowest BCUT2D eigenvalue weighted by molar-refractivity contribution is 0.847. The van der Waals surface area contributed by atoms with E-state index < -0.39 is 0 Å². The van der Waals surface area contributed by atoms with Crippen molar-refractivity contribution in [2.24, 2.45) is 0 Å². The first-order valence-corrected chi connectivity index (χ1v) is 12.8. The predicted octanol–water partition coefficient (Wildman–Crippen LogP) is 7.53. The van der Waals surface area contributed by atoms with Crippen LogP contribution in [0.2, 0.25) is 0 Å². The maximum Gasteiger partial charge on any atom is 0.153 e. The van der Waals surface area contributed by atoms with Crippen molar-refractivity contribution >= 4 is 22.7 Å². The van der Waals surface area contributed by atoms with Gasteiger partial charge in [-0.05, 0) is 71.8 Å². The summed E-state index contributed by atoms with van der Waals surface area (Å²) < 4.78 is 1.80. The molecule has 0 amide bonds. The van der Waals surface area contributed by atoms with Crippen LogP contribution in [0.3, 0.4) is 0 Å². The quantitative estimate of drug-likeness (QED) is 0.223. The fourth-order valence-corrected chi connectivity index (χ4v) is 4.62. The molecule has 0 aliphatic heterocycles. The van der Waals surface area contributed by atoms with E-state index in [2.05, 4.69) is 106 Å². The fraction of sp³-hybridized carbons (Fsp3) is 0.0606. The summed E-state index contributed by atoms with van der Waals surface area (Å²) >= 11 is 0. The molecule has 0 N–H and O–H groups in total. The first-order chi connectivity index (χ1) is 19.2. The Balaban J connectivity index is 1.56. The zero-order valence-electron chi connectivity index (χ0n) is 21.9. The Morgan fingerprint density at radius 1 is 0.564 bits per heavy atom. The van der Waals surface area contributed by atoms with E-state index in [9.17, 15) is 0 Å². The highest BCUT2D eigenvalue weighted by Crippen LogP contribution is 2.40. The van der Waals surface area contributed by atoms with Crippen molar-refractivity contribution in [2.45, 2.75) is 0 Å². The van der Waals surface area contributed by atoms with Crippen LogP contribution in [-0.2, 0) is 0 Å². The Hall–Kier alpha value is -5.23. The molecular formula is C33H28N6. The van der Waals surface area contributed by atoms with Crippen LogP contribution in [-0.4, -0.2) is 33.8 Å². The van der Waals surface area contributed by atoms with E-state index in [1.54, 1.807) is 10.9 Å². The fourth-order valence-electron chi connectivity index (χ4n) is 4.62. The van der Waals surface area contributed by atoms with Gasteiger partial charge in [0.15, 0.2) is 5.82 Å². The zero-order valence-corrected chi connectivity index (χ0v) is 21.9. The van der Waals surface area contributed by atoms with Gasteiger partial charge in [-0.2, -0.15) is 5.10 Å². The molecule has 0 radical (unpaired) electrons. The van der Waals surface area contributed by atoms with E-state index in [1.165, 1.54) is 0 Å². The first-order valence-electron chi connectivity index (χ1n) is 12.8. The van der Waals surface area contributed by atoms with Gasteiger partial charge in [-0.1, -0.05) is 48.5 Å². The van der Waals surface area contributed by atoms with Crippen LogP contribution in [0, 0.1) is 0 Å². The van der Waals surface area contributed by atoms with Crippen LogP contribution in [0.4, 0.5) is 22.7 Å². The molecule has 0 aliphatic rings. The van der Waals surface area contributed by atoms with E-state index in [4.69, 9.17) is 0 Å². The normalized spacial score (nSPS) is 10.8. The third kappa shape index (κ3) is 5.13. The van der Waals surface area contributed by atoms with Crippen molar-refractivity contribution in [3.05, 3.63) is 134 Å². The number of hydrogen-bond donors (Lipinski definition) is 0. The molecule has 3 aromatic carbocycles. The highest BCUT2D eigenvalue weighted by atomic mass is 15.3. The minimum atomic E-state index is 0.762. The number of hydrogen-bond acceptors (Lipinski definition) is 5. The number of anilines is 4. The van der Waals surface area contributed by atoms with Gasteiger partial charge in [0.1, 0.15) is 0 Å². The molecular weight excluding hydrogens is 480 g/mol. The van der Waals surface area contributed by atoms with Gasteiger partial charge >= 0.3 is 0 Å². The molecule has 0 saturated carbocycles. The zero-order chi connectivity index (χ0) is 26.6. The standard InChI is InChI=1S/C33H28N6/c1-37(2)28-13-10-14-29(22-28)39(31-23-36-38(24-31)33-16-7-9-18-35-33)30-20-26(25-11-4-3-5-12-25)19-27(21-30)32-15-6-8-17-34-32/h3-24H,1-2H3. The van der Waals surface area contributed by atoms with Crippen LogP contribution in [0.25, 0.3) is 28.2 Å². The number of rotatable bonds is 7. The van der Waals surface area contributed by atoms with Crippen LogP contribution >= 0.6 is 0 Å². The summed E-state index contributed by atoms with van der Waals surface area (Å²) in [5.41, 5.74) is 8.28. The molecule has 6 rings (SSSR count). The van der Waals surface area contributed by atoms with E-state index in [0.717, 1.165) is 51.0 Å². The third-order valence-corrected chi connectivity index (χ3v) is 6.56. The lowest BCUT2D eigenvalue weighted by Crippen LogP contribution is -2.12. The van der Waals surface area contributed by atoms with Gasteiger partial charge in [0, 0.05) is 49.1 Å². The number of aromatic nitrogens is 4. The molecule has 0 atom stereocenters. The second kappa shape index (κ2) is 10.6. The summed E-state index contributed by atoms with van der Waals surface area (Å²) in [7, 11) is 4.11. The molecule has 39 heavy (non-hydrogen) atoms. The first kappa shape index (κ1) is 24.1. The van der Waals surface area contributed by atoms with Gasteiger partial charge in [0.2, 0.25) is 0 Å². The van der Waals surface area contributed by atoms with Crippen molar-refractivity contribution < 1.29 is 0 Å². The molecule has 6 heteroatoms. The number of pyridine rings is 2. The summed E-state index contributed by atoms with van der Waals surface area (Å²) in [5, 5.41) is 4.67. The molecule has 3 heterocycles. The summed E-state index contributed by atoms with van der Waals surface area (Å²) in [6.45, 7) is 0. The third-order valence-electron chi connectivity index (χ3n) is 6.56. The van der Waals surface area contributed by atoms with Crippen LogP contribution < -0.4 is 9.80 Å². The molecule has 0 bridgehead atoms. The number of nitrogens with zero attached hydrogens (tertiary/aromatic N) is 6. The van der Waals surface area contributed by atoms with Gasteiger partial charge in [0.25, 0.3) is 0 Å². The van der Waals surface area contributed by atoms with E-state index in [1.807, 2.05) is 61.1 Å². The minimum absolute atomic E-state index is 0.762. The SMILES string of the molecule is CN(C)c1cccc(N(c2cc(-c3ccccc3)cc(-c3ccccn3)c2)c2cnn(-c3ccccn3)c2)c1. The molecule has 6 aromatic rings. The number of benzene rings is 3. The lowest BCUT2D eigenvalue weighted by Gasteiger charge is -2.26. The topological polar surface area (TPSA) is 50.1 Å². The average molecular weight is 509 g/mol. The highest BCUT2D eigenvalue weighted by Gasteiger charge is 2.18. The van der Waals surface area contributed by atoms with Crippen LogP contribution in [0.1, 0.15) is 0 Å². The van der Waals surface area contributed by atoms with Crippen molar-refractivity contribution in [1.29, 1.82) is 0 Å².